The Labute approximate surface area is 147 Å². The molecule has 0 aliphatic rings. The molecule has 1 unspecified atom stereocenters. The first-order chi connectivity index (χ1) is 12.1. The highest BCUT2D eigenvalue weighted by atomic mass is 19.1. The van der Waals surface area contributed by atoms with E-state index >= 15 is 0 Å². The zero-order valence-electron chi connectivity index (χ0n) is 14.6. The van der Waals surface area contributed by atoms with Crippen molar-refractivity contribution in [1.29, 1.82) is 0 Å². The minimum atomic E-state index is -0.317. The molecule has 0 saturated heterocycles. The second-order valence-corrected chi connectivity index (χ2v) is 5.40. The van der Waals surface area contributed by atoms with E-state index in [1.807, 2.05) is 19.1 Å². The maximum absolute atomic E-state index is 13.2. The molecule has 6 nitrogen and oxygen atoms in total. The molecule has 0 fully saturated rings. The van der Waals surface area contributed by atoms with E-state index in [4.69, 9.17) is 9.47 Å². The number of aliphatic imine (C=N–C) groups is 1. The molecule has 1 aromatic carbocycles. The predicted molar refractivity (Wildman–Crippen MR) is 95.5 cm³/mol. The maximum atomic E-state index is 13.2. The molecule has 2 N–H and O–H groups in total. The summed E-state index contributed by atoms with van der Waals surface area (Å²) < 4.78 is 23.9. The molecule has 0 radical (unpaired) electrons. The van der Waals surface area contributed by atoms with Crippen LogP contribution >= 0.6 is 0 Å². The molecular formula is C18H23FN4O2. The normalized spacial score (nSPS) is 12.4. The van der Waals surface area contributed by atoms with E-state index < -0.39 is 0 Å². The Hall–Kier alpha value is -2.83. The first-order valence-corrected chi connectivity index (χ1v) is 7.96. The van der Waals surface area contributed by atoms with E-state index in [1.165, 1.54) is 12.1 Å². The fourth-order valence-electron chi connectivity index (χ4n) is 2.13. The third kappa shape index (κ3) is 6.29. The fraction of sp³-hybridized carbons (Fsp3) is 0.333. The van der Waals surface area contributed by atoms with Crippen LogP contribution < -0.4 is 20.1 Å². The summed E-state index contributed by atoms with van der Waals surface area (Å²) in [5, 5.41) is 6.38. The molecule has 2 aromatic rings. The third-order valence-electron chi connectivity index (χ3n) is 3.38. The van der Waals surface area contributed by atoms with Gasteiger partial charge in [-0.1, -0.05) is 6.07 Å². The van der Waals surface area contributed by atoms with Crippen LogP contribution in [0.25, 0.3) is 0 Å². The number of aromatic nitrogens is 1. The highest BCUT2D eigenvalue weighted by molar-refractivity contribution is 5.79. The van der Waals surface area contributed by atoms with Gasteiger partial charge in [0, 0.05) is 31.9 Å². The molecule has 134 valence electrons. The van der Waals surface area contributed by atoms with Crippen molar-refractivity contribution in [2.75, 3.05) is 20.7 Å². The number of pyridine rings is 1. The van der Waals surface area contributed by atoms with Crippen molar-refractivity contribution in [2.45, 2.75) is 19.6 Å². The summed E-state index contributed by atoms with van der Waals surface area (Å²) in [7, 11) is 3.28. The molecule has 0 aliphatic carbocycles. The van der Waals surface area contributed by atoms with Gasteiger partial charge in [-0.05, 0) is 30.7 Å². The minimum Gasteiger partial charge on any atom is -0.489 e. The summed E-state index contributed by atoms with van der Waals surface area (Å²) in [5.74, 6) is 1.40. The summed E-state index contributed by atoms with van der Waals surface area (Å²) in [6.07, 6.45) is 1.54. The molecule has 0 bridgehead atoms. The summed E-state index contributed by atoms with van der Waals surface area (Å²) >= 11 is 0. The first kappa shape index (κ1) is 18.5. The van der Waals surface area contributed by atoms with E-state index in [2.05, 4.69) is 20.6 Å². The van der Waals surface area contributed by atoms with Gasteiger partial charge in [0.25, 0.3) is 0 Å². The van der Waals surface area contributed by atoms with Crippen LogP contribution in [-0.2, 0) is 6.54 Å². The Morgan fingerprint density at radius 2 is 2.12 bits per heavy atom. The number of methoxy groups -OCH3 is 1. The van der Waals surface area contributed by atoms with Crippen molar-refractivity contribution in [3.63, 3.8) is 0 Å². The number of hydrogen-bond acceptors (Lipinski definition) is 4. The van der Waals surface area contributed by atoms with Crippen LogP contribution in [0.4, 0.5) is 4.39 Å². The zero-order valence-corrected chi connectivity index (χ0v) is 14.6. The number of nitrogens with zero attached hydrogens (tertiary/aromatic N) is 2. The van der Waals surface area contributed by atoms with E-state index in [0.717, 1.165) is 5.56 Å². The second kappa shape index (κ2) is 9.46. The van der Waals surface area contributed by atoms with Gasteiger partial charge in [-0.2, -0.15) is 0 Å². The highest BCUT2D eigenvalue weighted by Crippen LogP contribution is 2.13. The molecule has 25 heavy (non-hydrogen) atoms. The molecule has 0 amide bonds. The summed E-state index contributed by atoms with van der Waals surface area (Å²) in [4.78, 5) is 8.24. The van der Waals surface area contributed by atoms with Crippen molar-refractivity contribution in [3.05, 3.63) is 54.0 Å². The number of rotatable bonds is 7. The van der Waals surface area contributed by atoms with Gasteiger partial charge in [0.15, 0.2) is 5.96 Å². The lowest BCUT2D eigenvalue weighted by Crippen LogP contribution is -2.41. The van der Waals surface area contributed by atoms with Crippen molar-refractivity contribution < 1.29 is 13.9 Å². The average Bonchev–Trinajstić information content (AvgIpc) is 2.62. The van der Waals surface area contributed by atoms with Crippen LogP contribution in [0.15, 0.2) is 47.6 Å². The Morgan fingerprint density at radius 3 is 2.84 bits per heavy atom. The van der Waals surface area contributed by atoms with Gasteiger partial charge >= 0.3 is 0 Å². The number of hydrogen-bond donors (Lipinski definition) is 2. The monoisotopic (exact) mass is 346 g/mol. The van der Waals surface area contributed by atoms with Crippen molar-refractivity contribution in [1.82, 2.24) is 15.6 Å². The molecule has 0 spiro atoms. The number of ether oxygens (including phenoxy) is 2. The van der Waals surface area contributed by atoms with E-state index in [1.54, 1.807) is 32.5 Å². The lowest BCUT2D eigenvalue weighted by atomic mass is 10.2. The van der Waals surface area contributed by atoms with Crippen LogP contribution in [0.1, 0.15) is 12.5 Å². The quantitative estimate of drug-likeness (QED) is 0.595. The molecule has 2 rings (SSSR count). The van der Waals surface area contributed by atoms with Gasteiger partial charge in [-0.3, -0.25) is 4.99 Å². The van der Waals surface area contributed by atoms with Crippen molar-refractivity contribution in [2.24, 2.45) is 4.99 Å². The Bertz CT molecular complexity index is 709. The van der Waals surface area contributed by atoms with Crippen LogP contribution in [0, 0.1) is 5.82 Å². The van der Waals surface area contributed by atoms with Crippen molar-refractivity contribution >= 4 is 5.96 Å². The zero-order chi connectivity index (χ0) is 18.1. The SMILES string of the molecule is CN=C(NCc1ccnc(OC)c1)NCC(C)Oc1cccc(F)c1. The largest absolute Gasteiger partial charge is 0.489 e. The van der Waals surface area contributed by atoms with Crippen LogP contribution in [-0.4, -0.2) is 37.7 Å². The molecule has 0 saturated carbocycles. The number of benzene rings is 1. The summed E-state index contributed by atoms with van der Waals surface area (Å²) in [6, 6.07) is 9.85. The van der Waals surface area contributed by atoms with Crippen LogP contribution in [0.5, 0.6) is 11.6 Å². The molecule has 1 atom stereocenters. The number of nitrogens with one attached hydrogen (secondary N) is 2. The molecule has 1 heterocycles. The summed E-state index contributed by atoms with van der Waals surface area (Å²) in [6.45, 7) is 3.01. The molecule has 0 aliphatic heterocycles. The lowest BCUT2D eigenvalue weighted by Gasteiger charge is -2.18. The Kier molecular flexibility index (Phi) is 7.00. The van der Waals surface area contributed by atoms with Gasteiger partial charge in [0.05, 0.1) is 13.7 Å². The van der Waals surface area contributed by atoms with E-state index in [9.17, 15) is 4.39 Å². The topological polar surface area (TPSA) is 67.8 Å². The van der Waals surface area contributed by atoms with Gasteiger partial charge in [0.1, 0.15) is 17.7 Å². The Balaban J connectivity index is 1.79. The molecule has 7 heteroatoms. The number of guanidine groups is 1. The van der Waals surface area contributed by atoms with Crippen molar-refractivity contribution in [3.8, 4) is 11.6 Å². The van der Waals surface area contributed by atoms with Gasteiger partial charge in [0.2, 0.25) is 5.88 Å². The minimum absolute atomic E-state index is 0.152. The second-order valence-electron chi connectivity index (χ2n) is 5.40. The van der Waals surface area contributed by atoms with E-state index in [-0.39, 0.29) is 11.9 Å². The van der Waals surface area contributed by atoms with E-state index in [0.29, 0.717) is 30.7 Å². The fourth-order valence-corrected chi connectivity index (χ4v) is 2.13. The van der Waals surface area contributed by atoms with Crippen LogP contribution in [0.3, 0.4) is 0 Å². The number of halogens is 1. The van der Waals surface area contributed by atoms with Gasteiger partial charge < -0.3 is 20.1 Å². The summed E-state index contributed by atoms with van der Waals surface area (Å²) in [5.41, 5.74) is 1.03. The smallest absolute Gasteiger partial charge is 0.213 e. The predicted octanol–water partition coefficient (Wildman–Crippen LogP) is 2.36. The molecular weight excluding hydrogens is 323 g/mol. The van der Waals surface area contributed by atoms with Gasteiger partial charge in [-0.25, -0.2) is 9.37 Å². The lowest BCUT2D eigenvalue weighted by molar-refractivity contribution is 0.223. The Morgan fingerprint density at radius 1 is 1.28 bits per heavy atom. The van der Waals surface area contributed by atoms with Gasteiger partial charge in [-0.15, -0.1) is 0 Å². The standard InChI is InChI=1S/C18H23FN4O2/c1-13(25-16-6-4-5-15(19)10-16)11-22-18(20-2)23-12-14-7-8-21-17(9-14)24-3/h4-10,13H,11-12H2,1-3H3,(H2,20,22,23). The highest BCUT2D eigenvalue weighted by Gasteiger charge is 2.07. The average molecular weight is 346 g/mol. The maximum Gasteiger partial charge on any atom is 0.213 e. The first-order valence-electron chi connectivity index (χ1n) is 7.96. The molecule has 1 aromatic heterocycles. The third-order valence-corrected chi connectivity index (χ3v) is 3.38. The van der Waals surface area contributed by atoms with Crippen LogP contribution in [0.2, 0.25) is 0 Å².